The number of fused-ring (bicyclic) bond motifs is 1. The maximum Gasteiger partial charge on any atom is 0.313 e. The monoisotopic (exact) mass is 288 g/mol. The van der Waals surface area contributed by atoms with E-state index in [0.29, 0.717) is 11.6 Å². The minimum Gasteiger partial charge on any atom is -0.469 e. The molecule has 0 fully saturated rings. The van der Waals surface area contributed by atoms with E-state index < -0.39 is 0 Å². The van der Waals surface area contributed by atoms with E-state index in [1.807, 2.05) is 12.1 Å². The molecular weight excluding hydrogens is 276 g/mol. The van der Waals surface area contributed by atoms with Crippen molar-refractivity contribution < 1.29 is 9.53 Å². The van der Waals surface area contributed by atoms with Crippen LogP contribution >= 0.6 is 11.3 Å². The number of nitrogens with zero attached hydrogens (tertiary/aromatic N) is 4. The van der Waals surface area contributed by atoms with Gasteiger partial charge in [0, 0.05) is 11.1 Å². The zero-order valence-corrected chi connectivity index (χ0v) is 11.8. The van der Waals surface area contributed by atoms with Gasteiger partial charge in [-0.1, -0.05) is 0 Å². The minimum atomic E-state index is -0.366. The van der Waals surface area contributed by atoms with Crippen molar-refractivity contribution in [3.63, 3.8) is 0 Å². The van der Waals surface area contributed by atoms with Crippen LogP contribution < -0.4 is 0 Å². The van der Waals surface area contributed by atoms with Crippen LogP contribution in [-0.4, -0.2) is 32.7 Å². The third-order valence-corrected chi connectivity index (χ3v) is 3.83. The summed E-state index contributed by atoms with van der Waals surface area (Å²) in [5.74, 6) is 0.520. The molecule has 3 heterocycles. The van der Waals surface area contributed by atoms with Crippen LogP contribution in [0, 0.1) is 6.92 Å². The molecule has 0 aliphatic heterocycles. The molecule has 20 heavy (non-hydrogen) atoms. The summed E-state index contributed by atoms with van der Waals surface area (Å²) in [6.45, 7) is 2.05. The van der Waals surface area contributed by atoms with E-state index in [4.69, 9.17) is 0 Å². The van der Waals surface area contributed by atoms with Crippen molar-refractivity contribution in [2.45, 2.75) is 13.3 Å². The third kappa shape index (κ3) is 2.27. The van der Waals surface area contributed by atoms with E-state index in [2.05, 4.69) is 32.8 Å². The zero-order valence-electron chi connectivity index (χ0n) is 11.0. The van der Waals surface area contributed by atoms with Crippen molar-refractivity contribution in [1.82, 2.24) is 19.6 Å². The summed E-state index contributed by atoms with van der Waals surface area (Å²) in [4.78, 5) is 22.0. The van der Waals surface area contributed by atoms with Gasteiger partial charge in [-0.05, 0) is 25.1 Å². The van der Waals surface area contributed by atoms with E-state index in [1.165, 1.54) is 12.0 Å². The van der Waals surface area contributed by atoms with Crippen LogP contribution in [0.15, 0.2) is 24.4 Å². The quantitative estimate of drug-likeness (QED) is 0.688. The molecular formula is C13H12N4O2S. The fourth-order valence-corrected chi connectivity index (χ4v) is 2.75. The number of carbonyl (C=O) groups is 1. The number of methoxy groups -OCH3 is 1. The number of aryl methyl sites for hydroxylation is 1. The molecule has 3 rings (SSSR count). The average molecular weight is 288 g/mol. The molecule has 0 amide bonds. The summed E-state index contributed by atoms with van der Waals surface area (Å²) in [5.41, 5.74) is 0.914. The van der Waals surface area contributed by atoms with Crippen LogP contribution in [0.4, 0.5) is 0 Å². The molecule has 102 valence electrons. The standard InChI is InChI=1S/C13H12N4O2S/c1-8-3-4-10(20-8)9-5-6-14-13-15-11(16-17(9)13)7-12(18)19-2/h3-6H,7H2,1-2H3. The fourth-order valence-electron chi connectivity index (χ4n) is 1.87. The van der Waals surface area contributed by atoms with Gasteiger partial charge < -0.3 is 4.74 Å². The van der Waals surface area contributed by atoms with Gasteiger partial charge in [-0.15, -0.1) is 16.4 Å². The van der Waals surface area contributed by atoms with Crippen molar-refractivity contribution in [2.75, 3.05) is 7.11 Å². The zero-order chi connectivity index (χ0) is 14.1. The molecule has 0 radical (unpaired) electrons. The van der Waals surface area contributed by atoms with Crippen LogP contribution in [0.3, 0.4) is 0 Å². The molecule has 0 atom stereocenters. The second-order valence-corrected chi connectivity index (χ2v) is 5.52. The second kappa shape index (κ2) is 5.01. The molecule has 0 N–H and O–H groups in total. The second-order valence-electron chi connectivity index (χ2n) is 4.23. The lowest BCUT2D eigenvalue weighted by molar-refractivity contribution is -0.139. The Bertz CT molecular complexity index is 778. The predicted octanol–water partition coefficient (Wildman–Crippen LogP) is 1.88. The first kappa shape index (κ1) is 12.7. The highest BCUT2D eigenvalue weighted by atomic mass is 32.1. The minimum absolute atomic E-state index is 0.0444. The molecule has 0 saturated heterocycles. The van der Waals surface area contributed by atoms with E-state index >= 15 is 0 Å². The highest BCUT2D eigenvalue weighted by molar-refractivity contribution is 7.15. The van der Waals surface area contributed by atoms with Crippen LogP contribution in [0.2, 0.25) is 0 Å². The van der Waals surface area contributed by atoms with Crippen molar-refractivity contribution >= 4 is 23.1 Å². The number of aromatic nitrogens is 4. The molecule has 7 heteroatoms. The van der Waals surface area contributed by atoms with Gasteiger partial charge in [-0.25, -0.2) is 4.98 Å². The maximum absolute atomic E-state index is 11.3. The SMILES string of the molecule is COC(=O)Cc1nc2nccc(-c3ccc(C)s3)n2n1. The summed E-state index contributed by atoms with van der Waals surface area (Å²) in [6.07, 6.45) is 1.74. The molecule has 0 aliphatic carbocycles. The van der Waals surface area contributed by atoms with E-state index in [0.717, 1.165) is 10.6 Å². The Morgan fingerprint density at radius 1 is 1.40 bits per heavy atom. The van der Waals surface area contributed by atoms with Crippen molar-refractivity contribution in [1.29, 1.82) is 0 Å². The highest BCUT2D eigenvalue weighted by Gasteiger charge is 2.13. The van der Waals surface area contributed by atoms with Gasteiger partial charge in [0.05, 0.1) is 17.7 Å². The molecule has 3 aromatic rings. The maximum atomic E-state index is 11.3. The topological polar surface area (TPSA) is 69.4 Å². The van der Waals surface area contributed by atoms with Crippen LogP contribution in [0.1, 0.15) is 10.7 Å². The van der Waals surface area contributed by atoms with Crippen LogP contribution in [-0.2, 0) is 16.0 Å². The molecule has 0 spiro atoms. The number of esters is 1. The summed E-state index contributed by atoms with van der Waals surface area (Å²) in [7, 11) is 1.34. The molecule has 0 unspecified atom stereocenters. The smallest absolute Gasteiger partial charge is 0.313 e. The van der Waals surface area contributed by atoms with Gasteiger partial charge in [0.2, 0.25) is 0 Å². The molecule has 0 bridgehead atoms. The number of carbonyl (C=O) groups excluding carboxylic acids is 1. The largest absolute Gasteiger partial charge is 0.469 e. The summed E-state index contributed by atoms with van der Waals surface area (Å²) in [6, 6.07) is 5.98. The number of rotatable bonds is 3. The van der Waals surface area contributed by atoms with Gasteiger partial charge in [0.25, 0.3) is 5.78 Å². The Balaban J connectivity index is 2.07. The van der Waals surface area contributed by atoms with E-state index in [-0.39, 0.29) is 12.4 Å². The number of thiophene rings is 1. The van der Waals surface area contributed by atoms with Gasteiger partial charge in [0.15, 0.2) is 5.82 Å². The molecule has 0 saturated carbocycles. The number of hydrogen-bond donors (Lipinski definition) is 0. The molecule has 6 nitrogen and oxygen atoms in total. The number of ether oxygens (including phenoxy) is 1. The molecule has 0 aliphatic rings. The summed E-state index contributed by atoms with van der Waals surface area (Å²) < 4.78 is 6.28. The fraction of sp³-hybridized carbons (Fsp3) is 0.231. The first-order chi connectivity index (χ1) is 9.67. The Labute approximate surface area is 119 Å². The third-order valence-electron chi connectivity index (χ3n) is 2.81. The Morgan fingerprint density at radius 2 is 2.25 bits per heavy atom. The Morgan fingerprint density at radius 3 is 2.95 bits per heavy atom. The van der Waals surface area contributed by atoms with Crippen molar-refractivity contribution in [3.8, 4) is 10.6 Å². The summed E-state index contributed by atoms with van der Waals surface area (Å²) >= 11 is 1.68. The molecule has 0 aromatic carbocycles. The van der Waals surface area contributed by atoms with Gasteiger partial charge in [-0.2, -0.15) is 9.50 Å². The lowest BCUT2D eigenvalue weighted by Crippen LogP contribution is -2.06. The average Bonchev–Trinajstić information content (AvgIpc) is 3.03. The molecule has 3 aromatic heterocycles. The lowest BCUT2D eigenvalue weighted by atomic mass is 10.3. The first-order valence-electron chi connectivity index (χ1n) is 6.01. The van der Waals surface area contributed by atoms with Gasteiger partial charge in [-0.3, -0.25) is 4.79 Å². The summed E-state index contributed by atoms with van der Waals surface area (Å²) in [5, 5.41) is 4.34. The van der Waals surface area contributed by atoms with Crippen LogP contribution in [0.25, 0.3) is 16.3 Å². The van der Waals surface area contributed by atoms with Crippen molar-refractivity contribution in [3.05, 3.63) is 35.1 Å². The lowest BCUT2D eigenvalue weighted by Gasteiger charge is -1.99. The van der Waals surface area contributed by atoms with Crippen molar-refractivity contribution in [2.24, 2.45) is 0 Å². The van der Waals surface area contributed by atoms with Crippen LogP contribution in [0.5, 0.6) is 0 Å². The Kier molecular flexibility index (Phi) is 3.19. The van der Waals surface area contributed by atoms with E-state index in [1.54, 1.807) is 22.0 Å². The Hall–Kier alpha value is -2.28. The highest BCUT2D eigenvalue weighted by Crippen LogP contribution is 2.27. The van der Waals surface area contributed by atoms with E-state index in [9.17, 15) is 4.79 Å². The van der Waals surface area contributed by atoms with Gasteiger partial charge >= 0.3 is 5.97 Å². The first-order valence-corrected chi connectivity index (χ1v) is 6.83. The number of hydrogen-bond acceptors (Lipinski definition) is 6. The normalized spacial score (nSPS) is 10.9. The predicted molar refractivity (Wildman–Crippen MR) is 74.6 cm³/mol. The van der Waals surface area contributed by atoms with Gasteiger partial charge in [0.1, 0.15) is 6.42 Å².